The number of amides is 2. The second kappa shape index (κ2) is 9.01. The Morgan fingerprint density at radius 2 is 1.52 bits per heavy atom. The molecule has 1 heterocycles. The molecule has 0 bridgehead atoms. The topological polar surface area (TPSA) is 78.5 Å². The smallest absolute Gasteiger partial charge is 0.321 e. The summed E-state index contributed by atoms with van der Waals surface area (Å²) in [4.78, 5) is 14.3. The van der Waals surface area contributed by atoms with Crippen LogP contribution in [0.4, 0.5) is 10.5 Å². The summed E-state index contributed by atoms with van der Waals surface area (Å²) >= 11 is 0. The molecule has 7 heteroatoms. The fourth-order valence-corrected chi connectivity index (χ4v) is 4.07. The molecule has 2 aromatic rings. The fraction of sp³-hybridized carbons (Fsp3) is 0.350. The van der Waals surface area contributed by atoms with Crippen LogP contribution in [0.15, 0.2) is 59.5 Å². The average Bonchev–Trinajstić information content (AvgIpc) is 2.97. The standard InChI is InChI=1S/C20H25N3O3S/c24-20(23-14-6-1-2-7-15-23)22-18-10-12-19(13-11-18)27(25,26)21-16-17-8-4-3-5-9-17/h3-5,8-13,21H,1-2,6-7,14-16H2,(H,22,24). The van der Waals surface area contributed by atoms with E-state index in [1.54, 1.807) is 12.1 Å². The number of carbonyl (C=O) groups is 1. The van der Waals surface area contributed by atoms with Crippen molar-refractivity contribution in [3.05, 3.63) is 60.2 Å². The van der Waals surface area contributed by atoms with Gasteiger partial charge in [0.2, 0.25) is 10.0 Å². The van der Waals surface area contributed by atoms with Crippen LogP contribution in [-0.4, -0.2) is 32.4 Å². The first-order chi connectivity index (χ1) is 13.0. The Morgan fingerprint density at radius 3 is 2.15 bits per heavy atom. The molecule has 0 spiro atoms. The van der Waals surface area contributed by atoms with Crippen molar-refractivity contribution in [2.45, 2.75) is 37.1 Å². The van der Waals surface area contributed by atoms with Gasteiger partial charge in [-0.1, -0.05) is 43.2 Å². The number of hydrogen-bond acceptors (Lipinski definition) is 3. The summed E-state index contributed by atoms with van der Waals surface area (Å²) in [5, 5.41) is 2.85. The Balaban J connectivity index is 1.59. The van der Waals surface area contributed by atoms with E-state index in [2.05, 4.69) is 10.0 Å². The third-order valence-electron chi connectivity index (χ3n) is 4.62. The number of hydrogen-bond donors (Lipinski definition) is 2. The molecular formula is C20H25N3O3S. The van der Waals surface area contributed by atoms with Crippen LogP contribution in [0.2, 0.25) is 0 Å². The molecule has 1 aliphatic heterocycles. The molecule has 0 aromatic heterocycles. The summed E-state index contributed by atoms with van der Waals surface area (Å²) in [5.41, 5.74) is 1.48. The second-order valence-electron chi connectivity index (χ2n) is 6.67. The van der Waals surface area contributed by atoms with Gasteiger partial charge in [-0.15, -0.1) is 0 Å². The van der Waals surface area contributed by atoms with Gasteiger partial charge in [-0.3, -0.25) is 0 Å². The number of rotatable bonds is 5. The predicted molar refractivity (Wildman–Crippen MR) is 106 cm³/mol. The van der Waals surface area contributed by atoms with Crippen molar-refractivity contribution >= 4 is 21.7 Å². The third-order valence-corrected chi connectivity index (χ3v) is 6.04. The number of nitrogens with one attached hydrogen (secondary N) is 2. The van der Waals surface area contributed by atoms with E-state index in [-0.39, 0.29) is 17.5 Å². The van der Waals surface area contributed by atoms with E-state index in [9.17, 15) is 13.2 Å². The Kier molecular flexibility index (Phi) is 6.47. The monoisotopic (exact) mass is 387 g/mol. The maximum atomic E-state index is 12.4. The summed E-state index contributed by atoms with van der Waals surface area (Å²) < 4.78 is 27.4. The molecule has 0 radical (unpaired) electrons. The number of benzene rings is 2. The molecule has 2 aromatic carbocycles. The lowest BCUT2D eigenvalue weighted by Gasteiger charge is -2.20. The van der Waals surface area contributed by atoms with Crippen LogP contribution in [0, 0.1) is 0 Å². The zero-order chi connectivity index (χ0) is 19.1. The number of urea groups is 1. The highest BCUT2D eigenvalue weighted by molar-refractivity contribution is 7.89. The van der Waals surface area contributed by atoms with E-state index in [4.69, 9.17) is 0 Å². The Labute approximate surface area is 160 Å². The third kappa shape index (κ3) is 5.55. The van der Waals surface area contributed by atoms with Gasteiger partial charge in [0.05, 0.1) is 4.90 Å². The van der Waals surface area contributed by atoms with Gasteiger partial charge in [-0.25, -0.2) is 17.9 Å². The molecule has 2 N–H and O–H groups in total. The summed E-state index contributed by atoms with van der Waals surface area (Å²) in [6, 6.07) is 15.5. The van der Waals surface area contributed by atoms with E-state index in [0.717, 1.165) is 44.3 Å². The lowest BCUT2D eigenvalue weighted by atomic mass is 10.2. The van der Waals surface area contributed by atoms with Crippen LogP contribution >= 0.6 is 0 Å². The van der Waals surface area contributed by atoms with Crippen LogP contribution in [0.1, 0.15) is 31.2 Å². The van der Waals surface area contributed by atoms with E-state index in [0.29, 0.717) is 5.69 Å². The molecule has 1 fully saturated rings. The van der Waals surface area contributed by atoms with Crippen molar-refractivity contribution in [1.29, 1.82) is 0 Å². The zero-order valence-corrected chi connectivity index (χ0v) is 16.0. The number of sulfonamides is 1. The number of carbonyl (C=O) groups excluding carboxylic acids is 1. The maximum absolute atomic E-state index is 12.4. The normalized spacial score (nSPS) is 15.2. The predicted octanol–water partition coefficient (Wildman–Crippen LogP) is 3.57. The van der Waals surface area contributed by atoms with Crippen LogP contribution in [-0.2, 0) is 16.6 Å². The minimum absolute atomic E-state index is 0.130. The van der Waals surface area contributed by atoms with E-state index < -0.39 is 10.0 Å². The van der Waals surface area contributed by atoms with Crippen molar-refractivity contribution in [3.63, 3.8) is 0 Å². The number of nitrogens with zero attached hydrogens (tertiary/aromatic N) is 1. The van der Waals surface area contributed by atoms with Crippen molar-refractivity contribution in [3.8, 4) is 0 Å². The highest BCUT2D eigenvalue weighted by Crippen LogP contribution is 2.16. The molecule has 1 aliphatic rings. The second-order valence-corrected chi connectivity index (χ2v) is 8.43. The maximum Gasteiger partial charge on any atom is 0.321 e. The zero-order valence-electron chi connectivity index (χ0n) is 15.2. The van der Waals surface area contributed by atoms with E-state index in [1.807, 2.05) is 35.2 Å². The van der Waals surface area contributed by atoms with Gasteiger partial charge in [0.1, 0.15) is 0 Å². The van der Waals surface area contributed by atoms with Gasteiger partial charge in [-0.2, -0.15) is 0 Å². The van der Waals surface area contributed by atoms with Crippen LogP contribution in [0.25, 0.3) is 0 Å². The lowest BCUT2D eigenvalue weighted by Crippen LogP contribution is -2.35. The van der Waals surface area contributed by atoms with Gasteiger partial charge in [0.15, 0.2) is 0 Å². The van der Waals surface area contributed by atoms with E-state index in [1.165, 1.54) is 12.1 Å². The molecular weight excluding hydrogens is 362 g/mol. The van der Waals surface area contributed by atoms with Crippen LogP contribution < -0.4 is 10.0 Å². The summed E-state index contributed by atoms with van der Waals surface area (Å²) in [7, 11) is -3.60. The molecule has 0 aliphatic carbocycles. The minimum Gasteiger partial charge on any atom is -0.325 e. The number of likely N-dealkylation sites (tertiary alicyclic amines) is 1. The van der Waals surface area contributed by atoms with Gasteiger partial charge in [0, 0.05) is 25.3 Å². The highest BCUT2D eigenvalue weighted by Gasteiger charge is 2.17. The fourth-order valence-electron chi connectivity index (χ4n) is 3.05. The van der Waals surface area contributed by atoms with Crippen molar-refractivity contribution in [1.82, 2.24) is 9.62 Å². The van der Waals surface area contributed by atoms with Gasteiger partial charge >= 0.3 is 6.03 Å². The average molecular weight is 388 g/mol. The molecule has 0 unspecified atom stereocenters. The molecule has 27 heavy (non-hydrogen) atoms. The molecule has 0 saturated carbocycles. The first kappa shape index (κ1) is 19.4. The first-order valence-electron chi connectivity index (χ1n) is 9.24. The number of anilines is 1. The molecule has 3 rings (SSSR count). The van der Waals surface area contributed by atoms with Crippen molar-refractivity contribution < 1.29 is 13.2 Å². The van der Waals surface area contributed by atoms with Crippen molar-refractivity contribution in [2.75, 3.05) is 18.4 Å². The van der Waals surface area contributed by atoms with Gasteiger partial charge < -0.3 is 10.2 Å². The van der Waals surface area contributed by atoms with Crippen LogP contribution in [0.3, 0.4) is 0 Å². The van der Waals surface area contributed by atoms with E-state index >= 15 is 0 Å². The Hall–Kier alpha value is -2.38. The summed E-state index contributed by atoms with van der Waals surface area (Å²) in [6.07, 6.45) is 4.37. The van der Waals surface area contributed by atoms with Crippen molar-refractivity contribution in [2.24, 2.45) is 0 Å². The molecule has 144 valence electrons. The van der Waals surface area contributed by atoms with Crippen LogP contribution in [0.5, 0.6) is 0 Å². The van der Waals surface area contributed by atoms with Gasteiger partial charge in [0.25, 0.3) is 0 Å². The Bertz CT molecular complexity index is 844. The molecule has 0 atom stereocenters. The summed E-state index contributed by atoms with van der Waals surface area (Å²) in [5.74, 6) is 0. The first-order valence-corrected chi connectivity index (χ1v) is 10.7. The molecule has 2 amide bonds. The quantitative estimate of drug-likeness (QED) is 0.823. The SMILES string of the molecule is O=C(Nc1ccc(S(=O)(=O)NCc2ccccc2)cc1)N1CCCCCC1. The Morgan fingerprint density at radius 1 is 0.889 bits per heavy atom. The largest absolute Gasteiger partial charge is 0.325 e. The molecule has 1 saturated heterocycles. The molecule has 6 nitrogen and oxygen atoms in total. The lowest BCUT2D eigenvalue weighted by molar-refractivity contribution is 0.214. The summed E-state index contributed by atoms with van der Waals surface area (Å²) in [6.45, 7) is 1.76. The highest BCUT2D eigenvalue weighted by atomic mass is 32.2. The van der Waals surface area contributed by atoms with Gasteiger partial charge in [-0.05, 0) is 42.7 Å². The minimum atomic E-state index is -3.60.